The fourth-order valence-corrected chi connectivity index (χ4v) is 8.22. The van der Waals surface area contributed by atoms with E-state index in [4.69, 9.17) is 4.74 Å². The maximum atomic E-state index is 15.6. The second-order valence-electron chi connectivity index (χ2n) is 12.9. The molecule has 4 heterocycles. The molecule has 47 heavy (non-hydrogen) atoms. The molecule has 0 saturated carbocycles. The van der Waals surface area contributed by atoms with Crippen molar-refractivity contribution in [3.05, 3.63) is 78.6 Å². The number of aliphatic hydroxyl groups excluding tert-OH is 1. The van der Waals surface area contributed by atoms with Crippen molar-refractivity contribution < 1.29 is 24.1 Å². The number of benzene rings is 2. The van der Waals surface area contributed by atoms with Crippen LogP contribution in [0.4, 0.5) is 4.39 Å². The number of aromatic nitrogens is 2. The normalized spacial score (nSPS) is 17.6. The van der Waals surface area contributed by atoms with Crippen LogP contribution >= 0.6 is 22.7 Å². The summed E-state index contributed by atoms with van der Waals surface area (Å²) in [7, 11) is 0. The van der Waals surface area contributed by atoms with E-state index in [-0.39, 0.29) is 34.5 Å². The highest BCUT2D eigenvalue weighted by molar-refractivity contribution is 7.16. The lowest BCUT2D eigenvalue weighted by Crippen LogP contribution is -2.58. The number of hydrogen-bond acceptors (Lipinski definition) is 10. The highest BCUT2D eigenvalue weighted by atomic mass is 32.1. The monoisotopic (exact) mass is 683 g/mol. The molecule has 0 unspecified atom stereocenters. The van der Waals surface area contributed by atoms with Gasteiger partial charge in [-0.2, -0.15) is 0 Å². The van der Waals surface area contributed by atoms with Crippen LogP contribution in [0, 0.1) is 5.82 Å². The number of aryl methyl sites for hydroxylation is 1. The Morgan fingerprint density at radius 3 is 2.74 bits per heavy atom. The number of piperidine rings is 1. The number of morpholine rings is 1. The zero-order valence-electron chi connectivity index (χ0n) is 26.8. The third-order valence-corrected chi connectivity index (χ3v) is 11.3. The summed E-state index contributed by atoms with van der Waals surface area (Å²) in [6.45, 7) is 8.68. The fourth-order valence-electron chi connectivity index (χ4n) is 6.50. The van der Waals surface area contributed by atoms with Crippen LogP contribution in [0.15, 0.2) is 40.5 Å². The van der Waals surface area contributed by atoms with E-state index in [1.54, 1.807) is 6.07 Å². The predicted molar refractivity (Wildman–Crippen MR) is 182 cm³/mol. The maximum absolute atomic E-state index is 15.6. The molecule has 10 nitrogen and oxygen atoms in total. The number of amides is 1. The number of thiazole rings is 2. The van der Waals surface area contributed by atoms with Crippen LogP contribution in [0.2, 0.25) is 0 Å². The zero-order valence-corrected chi connectivity index (χ0v) is 28.4. The molecule has 1 atom stereocenters. The van der Waals surface area contributed by atoms with Gasteiger partial charge in [-0.05, 0) is 43.9 Å². The standard InChI is InChI=1S/C34H42FN5O5S2/c1-21(2)31-37-25(19-46-31)32(43)40-15-16-45-34(20-40)10-13-39(14-11-34)18-23-6-3-5-22(28(23)35)7-4-12-36-17-27(42)24-8-9-26(41)29-30(24)47-33(44)38-29/h3,5-6,8-9,19,21,27,36,41-42H,4,7,10-18,20H2,1-2H3,(H,38,44)/t27-/m0/s1. The summed E-state index contributed by atoms with van der Waals surface area (Å²) in [6, 6.07) is 8.68. The van der Waals surface area contributed by atoms with Crippen molar-refractivity contribution in [3.8, 4) is 5.75 Å². The van der Waals surface area contributed by atoms with Gasteiger partial charge in [0.15, 0.2) is 0 Å². The molecule has 0 radical (unpaired) electrons. The highest BCUT2D eigenvalue weighted by Crippen LogP contribution is 2.33. The van der Waals surface area contributed by atoms with Crippen LogP contribution in [0.5, 0.6) is 5.75 Å². The lowest BCUT2D eigenvalue weighted by Gasteiger charge is -2.47. The molecular formula is C34H42FN5O5S2. The first-order valence-corrected chi connectivity index (χ1v) is 17.9. The minimum atomic E-state index is -0.855. The first-order valence-electron chi connectivity index (χ1n) is 16.2. The lowest BCUT2D eigenvalue weighted by atomic mass is 9.89. The first kappa shape index (κ1) is 33.7. The van der Waals surface area contributed by atoms with Crippen molar-refractivity contribution in [2.45, 2.75) is 63.7 Å². The van der Waals surface area contributed by atoms with Crippen LogP contribution in [-0.4, -0.2) is 87.4 Å². The van der Waals surface area contributed by atoms with E-state index in [2.05, 4.69) is 34.0 Å². The number of H-pyrrole nitrogens is 1. The third-order valence-electron chi connectivity index (χ3n) is 9.17. The van der Waals surface area contributed by atoms with Crippen molar-refractivity contribution in [1.82, 2.24) is 25.1 Å². The molecule has 0 bridgehead atoms. The molecule has 252 valence electrons. The van der Waals surface area contributed by atoms with Gasteiger partial charge in [-0.1, -0.05) is 49.4 Å². The molecule has 13 heteroatoms. The average Bonchev–Trinajstić information content (AvgIpc) is 3.71. The number of nitrogens with one attached hydrogen (secondary N) is 2. The van der Waals surface area contributed by atoms with Gasteiger partial charge in [-0.3, -0.25) is 14.5 Å². The number of aliphatic hydroxyl groups is 1. The number of ether oxygens (including phenoxy) is 1. The van der Waals surface area contributed by atoms with Gasteiger partial charge in [0.2, 0.25) is 0 Å². The third kappa shape index (κ3) is 7.60. The van der Waals surface area contributed by atoms with E-state index in [0.29, 0.717) is 84.1 Å². The van der Waals surface area contributed by atoms with E-state index in [0.717, 1.165) is 42.3 Å². The van der Waals surface area contributed by atoms with E-state index in [9.17, 15) is 19.8 Å². The molecule has 2 aliphatic rings. The summed E-state index contributed by atoms with van der Waals surface area (Å²) in [6.07, 6.45) is 1.95. The molecule has 0 aliphatic carbocycles. The van der Waals surface area contributed by atoms with Gasteiger partial charge in [0.25, 0.3) is 5.91 Å². The summed E-state index contributed by atoms with van der Waals surface area (Å²) in [5.41, 5.74) is 2.40. The Labute approximate surface area is 281 Å². The number of aromatic hydroxyl groups is 1. The van der Waals surface area contributed by atoms with Gasteiger partial charge in [0.05, 0.1) is 34.6 Å². The second kappa shape index (κ2) is 14.5. The molecule has 4 N–H and O–H groups in total. The van der Waals surface area contributed by atoms with Gasteiger partial charge in [-0.25, -0.2) is 9.37 Å². The van der Waals surface area contributed by atoms with E-state index >= 15 is 4.39 Å². The molecule has 1 spiro atoms. The number of likely N-dealkylation sites (tertiary alicyclic amines) is 1. The first-order chi connectivity index (χ1) is 22.6. The quantitative estimate of drug-likeness (QED) is 0.166. The molecule has 2 fully saturated rings. The van der Waals surface area contributed by atoms with Gasteiger partial charge in [-0.15, -0.1) is 11.3 Å². The number of halogens is 1. The molecule has 2 aliphatic heterocycles. The highest BCUT2D eigenvalue weighted by Gasteiger charge is 2.41. The Morgan fingerprint density at radius 1 is 1.19 bits per heavy atom. The molecule has 4 aromatic rings. The topological polar surface area (TPSA) is 131 Å². The van der Waals surface area contributed by atoms with Crippen molar-refractivity contribution in [1.29, 1.82) is 0 Å². The summed E-state index contributed by atoms with van der Waals surface area (Å²) in [4.78, 5) is 36.0. The molecule has 6 rings (SSSR count). The van der Waals surface area contributed by atoms with Crippen molar-refractivity contribution in [3.63, 3.8) is 0 Å². The molecular weight excluding hydrogens is 642 g/mol. The summed E-state index contributed by atoms with van der Waals surface area (Å²) in [5.74, 6) is 0.0673. The maximum Gasteiger partial charge on any atom is 0.305 e. The van der Waals surface area contributed by atoms with Crippen LogP contribution in [-0.2, 0) is 17.7 Å². The Hall–Kier alpha value is -3.20. The van der Waals surface area contributed by atoms with Crippen LogP contribution in [0.1, 0.15) is 77.3 Å². The number of phenolic OH excluding ortho intramolecular Hbond substituents is 1. The van der Waals surface area contributed by atoms with Crippen molar-refractivity contribution in [2.75, 3.05) is 45.9 Å². The number of carbonyl (C=O) groups excluding carboxylic acids is 1. The largest absolute Gasteiger partial charge is 0.506 e. The van der Waals surface area contributed by atoms with Crippen molar-refractivity contribution in [2.24, 2.45) is 0 Å². The number of fused-ring (bicyclic) bond motifs is 1. The number of aromatic amines is 1. The summed E-state index contributed by atoms with van der Waals surface area (Å²) >= 11 is 2.49. The van der Waals surface area contributed by atoms with Crippen LogP contribution < -0.4 is 10.2 Å². The summed E-state index contributed by atoms with van der Waals surface area (Å²) in [5, 5.41) is 26.8. The van der Waals surface area contributed by atoms with Crippen molar-refractivity contribution >= 4 is 38.8 Å². The second-order valence-corrected chi connectivity index (χ2v) is 14.7. The van der Waals surface area contributed by atoms with Gasteiger partial charge in [0.1, 0.15) is 22.8 Å². The molecule has 1 amide bonds. The Morgan fingerprint density at radius 2 is 1.98 bits per heavy atom. The number of hydrogen-bond donors (Lipinski definition) is 4. The van der Waals surface area contributed by atoms with Crippen LogP contribution in [0.3, 0.4) is 0 Å². The number of carbonyl (C=O) groups is 1. The molecule has 2 aromatic carbocycles. The van der Waals surface area contributed by atoms with Gasteiger partial charge >= 0.3 is 4.87 Å². The van der Waals surface area contributed by atoms with Gasteiger partial charge in [0, 0.05) is 55.1 Å². The summed E-state index contributed by atoms with van der Waals surface area (Å²) < 4.78 is 22.4. The Kier molecular flexibility index (Phi) is 10.4. The van der Waals surface area contributed by atoms with E-state index in [1.807, 2.05) is 28.5 Å². The lowest BCUT2D eigenvalue weighted by molar-refractivity contribution is -0.128. The predicted octanol–water partition coefficient (Wildman–Crippen LogP) is 4.78. The number of rotatable bonds is 11. The van der Waals surface area contributed by atoms with E-state index < -0.39 is 6.10 Å². The van der Waals surface area contributed by atoms with Crippen LogP contribution in [0.25, 0.3) is 10.2 Å². The van der Waals surface area contributed by atoms with Gasteiger partial charge < -0.3 is 30.2 Å². The Bertz CT molecular complexity index is 1760. The zero-order chi connectivity index (χ0) is 33.1. The number of nitrogens with zero attached hydrogens (tertiary/aromatic N) is 3. The minimum Gasteiger partial charge on any atom is -0.506 e. The minimum absolute atomic E-state index is 0.0264. The fraction of sp³-hybridized carbons (Fsp3) is 0.500. The van der Waals surface area contributed by atoms with E-state index in [1.165, 1.54) is 17.4 Å². The smallest absolute Gasteiger partial charge is 0.305 e. The molecule has 2 aromatic heterocycles. The Balaban J connectivity index is 0.966. The average molecular weight is 684 g/mol. The number of phenols is 1. The SMILES string of the molecule is CC(C)c1nc(C(=O)N2CCOC3(CCN(Cc4cccc(CCCNC[C@H](O)c5ccc(O)c6[nH]c(=O)sc56)c4F)CC3)C2)cs1. The molecule has 2 saturated heterocycles.